The molecule has 1 aromatic heterocycles. The molecule has 1 spiro atoms. The predicted molar refractivity (Wildman–Crippen MR) is 131 cm³/mol. The number of piperidine rings is 1. The zero-order valence-electron chi connectivity index (χ0n) is 20.7. The molecule has 7 atom stereocenters. The number of amides is 1. The van der Waals surface area contributed by atoms with E-state index in [0.29, 0.717) is 18.6 Å². The second kappa shape index (κ2) is 7.07. The first-order valence-electron chi connectivity index (χ1n) is 13.7. The topological polar surface area (TPSA) is 86.4 Å². The number of rotatable bonds is 5. The first-order valence-corrected chi connectivity index (χ1v) is 13.7. The van der Waals surface area contributed by atoms with E-state index in [2.05, 4.69) is 4.90 Å². The predicted octanol–water partition coefficient (Wildman–Crippen LogP) is 3.18. The van der Waals surface area contributed by atoms with Crippen LogP contribution in [0.2, 0.25) is 0 Å². The first kappa shape index (κ1) is 21.6. The van der Waals surface area contributed by atoms with Gasteiger partial charge in [-0.2, -0.15) is 0 Å². The van der Waals surface area contributed by atoms with Gasteiger partial charge in [-0.1, -0.05) is 6.07 Å². The number of likely N-dealkylation sites (tertiary alicyclic amines) is 1. The molecular formula is C29H34N2O5. The standard InChI is InChI=1S/C29H34N2O5/c1-30(27(33)20-13-19(20)18-7-11-35-15-18)21-6-8-29(34)23-12-17-4-5-22(32)25-24(17)28(29,26(21)36-25)9-10-31(23)14-16-2-3-16/h4-5,7,11,15-16,19-21,23,26,32,34H,2-3,6,8-10,12-14H2,1H3/t19-,20+,21-,23-,26+,28+,29-/m1/s1. The third-order valence-electron chi connectivity index (χ3n) is 10.7. The number of likely N-dealkylation sites (N-methyl/N-ethyl adjacent to an activating group) is 1. The van der Waals surface area contributed by atoms with Crippen molar-refractivity contribution in [3.8, 4) is 11.5 Å². The van der Waals surface area contributed by atoms with Crippen LogP contribution in [0, 0.1) is 11.8 Å². The summed E-state index contributed by atoms with van der Waals surface area (Å²) in [6.07, 6.45) is 9.42. The summed E-state index contributed by atoms with van der Waals surface area (Å²) >= 11 is 0. The molecule has 4 aliphatic carbocycles. The molecule has 0 unspecified atom stereocenters. The van der Waals surface area contributed by atoms with Crippen molar-refractivity contribution in [1.29, 1.82) is 0 Å². The molecule has 190 valence electrons. The molecule has 3 saturated carbocycles. The van der Waals surface area contributed by atoms with Crippen LogP contribution in [-0.4, -0.2) is 69.8 Å². The molecule has 36 heavy (non-hydrogen) atoms. The highest BCUT2D eigenvalue weighted by molar-refractivity contribution is 5.83. The highest BCUT2D eigenvalue weighted by atomic mass is 16.5. The van der Waals surface area contributed by atoms with Gasteiger partial charge in [0.15, 0.2) is 11.5 Å². The van der Waals surface area contributed by atoms with Crippen LogP contribution < -0.4 is 4.74 Å². The Morgan fingerprint density at radius 1 is 1.22 bits per heavy atom. The molecule has 2 aromatic rings. The van der Waals surface area contributed by atoms with Crippen molar-refractivity contribution < 1.29 is 24.2 Å². The summed E-state index contributed by atoms with van der Waals surface area (Å²) in [6, 6.07) is 5.65. The van der Waals surface area contributed by atoms with Gasteiger partial charge in [-0.25, -0.2) is 0 Å². The Hall–Kier alpha value is -2.51. The van der Waals surface area contributed by atoms with Gasteiger partial charge in [0, 0.05) is 31.1 Å². The van der Waals surface area contributed by atoms with Gasteiger partial charge in [0.05, 0.1) is 29.6 Å². The maximum Gasteiger partial charge on any atom is 0.226 e. The maximum atomic E-state index is 13.7. The molecule has 2 N–H and O–H groups in total. The number of furan rings is 1. The summed E-state index contributed by atoms with van der Waals surface area (Å²) in [5, 5.41) is 23.5. The number of aromatic hydroxyl groups is 1. The number of hydrogen-bond donors (Lipinski definition) is 2. The number of phenolic OH excluding ortho intramolecular Hbond substituents is 1. The highest BCUT2D eigenvalue weighted by Gasteiger charge is 2.73. The Morgan fingerprint density at radius 3 is 2.86 bits per heavy atom. The summed E-state index contributed by atoms with van der Waals surface area (Å²) in [4.78, 5) is 18.1. The van der Waals surface area contributed by atoms with E-state index in [1.807, 2.05) is 24.1 Å². The second-order valence-electron chi connectivity index (χ2n) is 12.4. The molecule has 1 saturated heterocycles. The first-order chi connectivity index (χ1) is 17.4. The largest absolute Gasteiger partial charge is 0.504 e. The number of carbonyl (C=O) groups excluding carboxylic acids is 1. The number of nitrogens with zero attached hydrogens (tertiary/aromatic N) is 2. The fraction of sp³-hybridized carbons (Fsp3) is 0.621. The normalized spacial score (nSPS) is 39.9. The Labute approximate surface area is 211 Å². The molecule has 8 rings (SSSR count). The second-order valence-corrected chi connectivity index (χ2v) is 12.4. The summed E-state index contributed by atoms with van der Waals surface area (Å²) in [6.45, 7) is 1.99. The van der Waals surface area contributed by atoms with Crippen LogP contribution in [0.25, 0.3) is 0 Å². The smallest absolute Gasteiger partial charge is 0.226 e. The van der Waals surface area contributed by atoms with Gasteiger partial charge in [-0.15, -0.1) is 0 Å². The summed E-state index contributed by atoms with van der Waals surface area (Å²) in [5.41, 5.74) is 1.79. The van der Waals surface area contributed by atoms with Crippen molar-refractivity contribution >= 4 is 5.91 Å². The van der Waals surface area contributed by atoms with Crippen molar-refractivity contribution in [2.45, 2.75) is 80.1 Å². The molecule has 7 heteroatoms. The molecule has 3 heterocycles. The number of ether oxygens (including phenoxy) is 1. The Kier molecular flexibility index (Phi) is 4.24. The van der Waals surface area contributed by atoms with Crippen LogP contribution in [-0.2, 0) is 16.6 Å². The van der Waals surface area contributed by atoms with Crippen LogP contribution in [0.3, 0.4) is 0 Å². The van der Waals surface area contributed by atoms with Gasteiger partial charge in [-0.05, 0) is 86.6 Å². The van der Waals surface area contributed by atoms with E-state index < -0.39 is 11.0 Å². The van der Waals surface area contributed by atoms with Gasteiger partial charge >= 0.3 is 0 Å². The molecule has 6 aliphatic rings. The Bertz CT molecular complexity index is 1240. The number of carbonyl (C=O) groups is 1. The molecule has 1 aromatic carbocycles. The number of hydrogen-bond acceptors (Lipinski definition) is 6. The van der Waals surface area contributed by atoms with Gasteiger partial charge in [0.1, 0.15) is 6.10 Å². The van der Waals surface area contributed by atoms with Crippen LogP contribution in [0.15, 0.2) is 35.1 Å². The van der Waals surface area contributed by atoms with Gasteiger partial charge < -0.3 is 24.3 Å². The molecule has 7 nitrogen and oxygen atoms in total. The van der Waals surface area contributed by atoms with E-state index in [9.17, 15) is 15.0 Å². The molecule has 1 amide bonds. The lowest BCUT2D eigenvalue weighted by Crippen LogP contribution is -2.78. The third-order valence-corrected chi connectivity index (χ3v) is 10.7. The minimum Gasteiger partial charge on any atom is -0.504 e. The zero-order valence-corrected chi connectivity index (χ0v) is 20.7. The van der Waals surface area contributed by atoms with E-state index in [1.165, 1.54) is 18.4 Å². The number of benzene rings is 1. The van der Waals surface area contributed by atoms with Crippen molar-refractivity contribution in [1.82, 2.24) is 9.80 Å². The lowest BCUT2D eigenvalue weighted by atomic mass is 9.48. The SMILES string of the molecule is CN(C(=O)[C@H]1C[C@@H]1c1ccoc1)[C@@H]1CC[C@@]2(O)[C@H]3Cc4ccc(O)c5c4[C@@]2(CCN3CC2CC2)[C@H]1O5. The number of aliphatic hydroxyl groups is 1. The summed E-state index contributed by atoms with van der Waals surface area (Å²) in [5.74, 6) is 1.79. The van der Waals surface area contributed by atoms with Crippen molar-refractivity contribution in [2.24, 2.45) is 11.8 Å². The fourth-order valence-electron chi connectivity index (χ4n) is 8.60. The zero-order chi connectivity index (χ0) is 24.4. The average Bonchev–Trinajstić information content (AvgIpc) is 3.76. The van der Waals surface area contributed by atoms with E-state index in [0.717, 1.165) is 49.4 Å². The Morgan fingerprint density at radius 2 is 2.08 bits per heavy atom. The van der Waals surface area contributed by atoms with Gasteiger partial charge in [-0.3, -0.25) is 9.69 Å². The minimum absolute atomic E-state index is 0.0295. The lowest BCUT2D eigenvalue weighted by molar-refractivity contribution is -0.200. The molecule has 2 bridgehead atoms. The monoisotopic (exact) mass is 490 g/mol. The fourth-order valence-corrected chi connectivity index (χ4v) is 8.60. The van der Waals surface area contributed by atoms with E-state index >= 15 is 0 Å². The average molecular weight is 491 g/mol. The van der Waals surface area contributed by atoms with E-state index in [1.54, 1.807) is 18.6 Å². The van der Waals surface area contributed by atoms with Crippen molar-refractivity contribution in [2.75, 3.05) is 20.1 Å². The maximum absolute atomic E-state index is 13.7. The highest BCUT2D eigenvalue weighted by Crippen LogP contribution is 2.66. The summed E-state index contributed by atoms with van der Waals surface area (Å²) in [7, 11) is 1.91. The van der Waals surface area contributed by atoms with Gasteiger partial charge in [0.2, 0.25) is 5.91 Å². The van der Waals surface area contributed by atoms with Crippen LogP contribution in [0.5, 0.6) is 11.5 Å². The van der Waals surface area contributed by atoms with Gasteiger partial charge in [0.25, 0.3) is 0 Å². The number of phenols is 1. The molecular weight excluding hydrogens is 456 g/mol. The molecule has 2 aliphatic heterocycles. The summed E-state index contributed by atoms with van der Waals surface area (Å²) < 4.78 is 11.9. The third kappa shape index (κ3) is 2.63. The minimum atomic E-state index is -0.920. The molecule has 0 radical (unpaired) electrons. The van der Waals surface area contributed by atoms with Crippen LogP contribution in [0.4, 0.5) is 0 Å². The van der Waals surface area contributed by atoms with E-state index in [-0.39, 0.29) is 41.7 Å². The Balaban J connectivity index is 1.17. The lowest BCUT2D eigenvalue weighted by Gasteiger charge is -2.64. The van der Waals surface area contributed by atoms with Crippen molar-refractivity contribution in [3.05, 3.63) is 47.4 Å². The molecule has 4 fully saturated rings. The van der Waals surface area contributed by atoms with E-state index in [4.69, 9.17) is 9.15 Å². The van der Waals surface area contributed by atoms with Crippen LogP contribution in [0.1, 0.15) is 61.1 Å². The van der Waals surface area contributed by atoms with Crippen LogP contribution >= 0.6 is 0 Å². The quantitative estimate of drug-likeness (QED) is 0.670. The van der Waals surface area contributed by atoms with Crippen molar-refractivity contribution in [3.63, 3.8) is 0 Å².